The molecule has 1 saturated carbocycles. The standard InChI is InChI=1S/C31H37FN2O3.C3H6/c1-6-34(19(2)3)18-25-16-24(27-14-21(5)33-17-28(27)32)9-11-26(25)29-12-10-23-8-7-22(15-30(23)37-29)13-20(4)31(35)36;1-2-3-1/h7-9,11,14-17,19-20,29H,6,10,12-13,18H2,1-5H3,(H,35,36);1-3H2. The molecule has 2 unspecified atom stereocenters. The number of benzene rings is 2. The highest BCUT2D eigenvalue weighted by molar-refractivity contribution is 5.70. The second kappa shape index (κ2) is 13.4. The van der Waals surface area contributed by atoms with Gasteiger partial charge in [0.1, 0.15) is 17.7 Å². The molecule has 2 aromatic carbocycles. The van der Waals surface area contributed by atoms with Gasteiger partial charge in [-0.25, -0.2) is 4.39 Å². The first kappa shape index (κ1) is 29.7. The molecule has 0 bridgehead atoms. The van der Waals surface area contributed by atoms with Crippen molar-refractivity contribution in [3.63, 3.8) is 0 Å². The molecule has 5 nitrogen and oxygen atoms in total. The lowest BCUT2D eigenvalue weighted by Gasteiger charge is -2.31. The van der Waals surface area contributed by atoms with Crippen LogP contribution in [0.25, 0.3) is 11.1 Å². The Morgan fingerprint density at radius 2 is 1.88 bits per heavy atom. The van der Waals surface area contributed by atoms with Crippen molar-refractivity contribution >= 4 is 5.97 Å². The molecule has 214 valence electrons. The maximum atomic E-state index is 14.7. The topological polar surface area (TPSA) is 62.7 Å². The fourth-order valence-corrected chi connectivity index (χ4v) is 5.07. The van der Waals surface area contributed by atoms with Crippen LogP contribution < -0.4 is 4.74 Å². The van der Waals surface area contributed by atoms with Crippen molar-refractivity contribution in [2.24, 2.45) is 5.92 Å². The lowest BCUT2D eigenvalue weighted by molar-refractivity contribution is -0.141. The predicted octanol–water partition coefficient (Wildman–Crippen LogP) is 7.93. The fourth-order valence-electron chi connectivity index (χ4n) is 5.07. The highest BCUT2D eigenvalue weighted by Crippen LogP contribution is 2.38. The molecular weight excluding hydrogens is 503 g/mol. The number of hydrogen-bond acceptors (Lipinski definition) is 4. The van der Waals surface area contributed by atoms with Crippen molar-refractivity contribution in [3.05, 3.63) is 82.4 Å². The summed E-state index contributed by atoms with van der Waals surface area (Å²) < 4.78 is 21.3. The summed E-state index contributed by atoms with van der Waals surface area (Å²) >= 11 is 0. The lowest BCUT2D eigenvalue weighted by atomic mass is 9.90. The molecule has 0 saturated heterocycles. The van der Waals surface area contributed by atoms with Gasteiger partial charge in [0.05, 0.1) is 12.1 Å². The molecule has 0 spiro atoms. The second-order valence-corrected chi connectivity index (χ2v) is 11.5. The zero-order valence-electron chi connectivity index (χ0n) is 24.5. The third-order valence-corrected chi connectivity index (χ3v) is 7.70. The highest BCUT2D eigenvalue weighted by Gasteiger charge is 2.26. The summed E-state index contributed by atoms with van der Waals surface area (Å²) in [7, 11) is 0. The minimum Gasteiger partial charge on any atom is -0.485 e. The molecule has 5 rings (SSSR count). The predicted molar refractivity (Wildman–Crippen MR) is 158 cm³/mol. The molecule has 1 N–H and O–H groups in total. The first-order chi connectivity index (χ1) is 19.2. The van der Waals surface area contributed by atoms with Gasteiger partial charge in [0.25, 0.3) is 0 Å². The highest BCUT2D eigenvalue weighted by atomic mass is 19.1. The van der Waals surface area contributed by atoms with E-state index in [4.69, 9.17) is 4.74 Å². The molecule has 3 aromatic rings. The van der Waals surface area contributed by atoms with Gasteiger partial charge in [-0.05, 0) is 92.6 Å². The van der Waals surface area contributed by atoms with Crippen LogP contribution >= 0.6 is 0 Å². The van der Waals surface area contributed by atoms with E-state index in [9.17, 15) is 14.3 Å². The summed E-state index contributed by atoms with van der Waals surface area (Å²) in [6, 6.07) is 14.4. The third kappa shape index (κ3) is 7.69. The average molecular weight is 547 g/mol. The van der Waals surface area contributed by atoms with E-state index in [1.807, 2.05) is 25.1 Å². The molecule has 40 heavy (non-hydrogen) atoms. The van der Waals surface area contributed by atoms with E-state index in [0.29, 0.717) is 18.0 Å². The molecule has 1 aromatic heterocycles. The van der Waals surface area contributed by atoms with Gasteiger partial charge >= 0.3 is 5.97 Å². The first-order valence-electron chi connectivity index (χ1n) is 14.7. The van der Waals surface area contributed by atoms with Crippen molar-refractivity contribution in [3.8, 4) is 16.9 Å². The summed E-state index contributed by atoms with van der Waals surface area (Å²) in [5, 5.41) is 9.31. The number of pyridine rings is 1. The summed E-state index contributed by atoms with van der Waals surface area (Å²) in [4.78, 5) is 17.8. The van der Waals surface area contributed by atoms with Crippen molar-refractivity contribution in [1.82, 2.24) is 9.88 Å². The van der Waals surface area contributed by atoms with Gasteiger partial charge in [-0.3, -0.25) is 14.7 Å². The Bertz CT molecular complexity index is 1320. The monoisotopic (exact) mass is 546 g/mol. The van der Waals surface area contributed by atoms with E-state index in [1.165, 1.54) is 25.5 Å². The van der Waals surface area contributed by atoms with Crippen molar-refractivity contribution in [2.75, 3.05) is 6.54 Å². The Morgan fingerprint density at radius 3 is 2.52 bits per heavy atom. The number of carboxylic acids is 1. The number of aryl methyl sites for hydroxylation is 2. The molecule has 1 fully saturated rings. The SMILES string of the molecule is C1CC1.CCN(Cc1cc(-c2cc(C)ncc2F)ccc1C1CCc2ccc(CC(C)C(=O)O)cc2O1)C(C)C. The Balaban J connectivity index is 0.00000115. The van der Waals surface area contributed by atoms with Crippen LogP contribution in [0.4, 0.5) is 4.39 Å². The van der Waals surface area contributed by atoms with Gasteiger partial charge < -0.3 is 9.84 Å². The van der Waals surface area contributed by atoms with Crippen LogP contribution in [0.1, 0.15) is 87.4 Å². The summed E-state index contributed by atoms with van der Waals surface area (Å²) in [5.74, 6) is -0.752. The lowest BCUT2D eigenvalue weighted by Crippen LogP contribution is -2.31. The van der Waals surface area contributed by atoms with Crippen LogP contribution in [0.3, 0.4) is 0 Å². The molecule has 1 aliphatic heterocycles. The quantitative estimate of drug-likeness (QED) is 0.295. The van der Waals surface area contributed by atoms with Gasteiger partial charge in [0.15, 0.2) is 0 Å². The Labute approximate surface area is 238 Å². The van der Waals surface area contributed by atoms with E-state index in [-0.39, 0.29) is 11.9 Å². The average Bonchev–Trinajstić information content (AvgIpc) is 3.82. The molecule has 2 atom stereocenters. The van der Waals surface area contributed by atoms with Crippen molar-refractivity contribution in [1.29, 1.82) is 0 Å². The number of hydrogen-bond donors (Lipinski definition) is 1. The van der Waals surface area contributed by atoms with Crippen LogP contribution in [-0.2, 0) is 24.2 Å². The van der Waals surface area contributed by atoms with E-state index >= 15 is 0 Å². The van der Waals surface area contributed by atoms with Gasteiger partial charge in [0.2, 0.25) is 0 Å². The molecule has 0 amide bonds. The molecule has 2 heterocycles. The normalized spacial score (nSPS) is 16.6. The number of aromatic nitrogens is 1. The third-order valence-electron chi connectivity index (χ3n) is 7.70. The summed E-state index contributed by atoms with van der Waals surface area (Å²) in [6.45, 7) is 11.8. The molecule has 2 aliphatic rings. The number of ether oxygens (including phenoxy) is 1. The largest absolute Gasteiger partial charge is 0.485 e. The molecule has 6 heteroatoms. The van der Waals surface area contributed by atoms with Crippen LogP contribution in [0.5, 0.6) is 5.75 Å². The molecular formula is C34H43FN2O3. The minimum absolute atomic E-state index is 0.126. The maximum absolute atomic E-state index is 14.7. The van der Waals surface area contributed by atoms with Gasteiger partial charge in [-0.2, -0.15) is 0 Å². The van der Waals surface area contributed by atoms with E-state index < -0.39 is 11.9 Å². The van der Waals surface area contributed by atoms with Gasteiger partial charge in [0, 0.05) is 23.8 Å². The van der Waals surface area contributed by atoms with E-state index in [2.05, 4.69) is 48.9 Å². The minimum atomic E-state index is -0.798. The number of carboxylic acid groups (broad SMARTS) is 1. The molecule has 1 aliphatic carbocycles. The number of halogens is 1. The van der Waals surface area contributed by atoms with E-state index in [1.54, 1.807) is 13.0 Å². The maximum Gasteiger partial charge on any atom is 0.306 e. The smallest absolute Gasteiger partial charge is 0.306 e. The Kier molecular flexibility index (Phi) is 9.96. The number of carbonyl (C=O) groups is 1. The first-order valence-corrected chi connectivity index (χ1v) is 14.7. The fraction of sp³-hybridized carbons (Fsp3) is 0.471. The van der Waals surface area contributed by atoms with Gasteiger partial charge in [-0.1, -0.05) is 57.4 Å². The van der Waals surface area contributed by atoms with E-state index in [0.717, 1.165) is 65.2 Å². The number of nitrogens with zero attached hydrogens (tertiary/aromatic N) is 2. The Morgan fingerprint density at radius 1 is 1.12 bits per heavy atom. The zero-order chi connectivity index (χ0) is 28.8. The zero-order valence-corrected chi connectivity index (χ0v) is 24.5. The number of aliphatic carboxylic acids is 1. The molecule has 0 radical (unpaired) electrons. The van der Waals surface area contributed by atoms with Gasteiger partial charge in [-0.15, -0.1) is 0 Å². The van der Waals surface area contributed by atoms with Crippen LogP contribution in [0, 0.1) is 18.7 Å². The van der Waals surface area contributed by atoms with Crippen LogP contribution in [0.15, 0.2) is 48.7 Å². The summed E-state index contributed by atoms with van der Waals surface area (Å²) in [5.41, 5.74) is 6.52. The number of rotatable bonds is 9. The second-order valence-electron chi connectivity index (χ2n) is 11.5. The van der Waals surface area contributed by atoms with Crippen molar-refractivity contribution < 1.29 is 19.0 Å². The van der Waals surface area contributed by atoms with Crippen molar-refractivity contribution in [2.45, 2.75) is 91.8 Å². The summed E-state index contributed by atoms with van der Waals surface area (Å²) in [6.07, 6.45) is 7.86. The van der Waals surface area contributed by atoms with Crippen LogP contribution in [0.2, 0.25) is 0 Å². The number of fused-ring (bicyclic) bond motifs is 1. The van der Waals surface area contributed by atoms with Crippen LogP contribution in [-0.4, -0.2) is 33.5 Å². The Hall–Kier alpha value is -3.25.